The average Bonchev–Trinajstić information content (AvgIpc) is 3.34. The Bertz CT molecular complexity index is 1110. The van der Waals surface area contributed by atoms with E-state index in [1.807, 2.05) is 67.3 Å². The molecule has 0 saturated carbocycles. The van der Waals surface area contributed by atoms with Gasteiger partial charge in [-0.2, -0.15) is 13.2 Å². The monoisotopic (exact) mass is 443 g/mol. The van der Waals surface area contributed by atoms with E-state index in [2.05, 4.69) is 5.16 Å². The van der Waals surface area contributed by atoms with Gasteiger partial charge in [0, 0.05) is 23.9 Å². The van der Waals surface area contributed by atoms with Gasteiger partial charge in [0.1, 0.15) is 6.26 Å². The number of ether oxygens (including phenoxy) is 1. The Morgan fingerprint density at radius 2 is 1.84 bits per heavy atom. The molecule has 32 heavy (non-hydrogen) atoms. The summed E-state index contributed by atoms with van der Waals surface area (Å²) in [6.07, 6.45) is -1.44. The smallest absolute Gasteiger partial charge is 0.401 e. The summed E-state index contributed by atoms with van der Waals surface area (Å²) in [6, 6.07) is 15.4. The molecule has 1 atom stereocenters. The number of aryl methyl sites for hydroxylation is 1. The fourth-order valence-electron chi connectivity index (χ4n) is 3.83. The minimum atomic E-state index is -4.27. The molecule has 168 valence electrons. The second kappa shape index (κ2) is 8.70. The van der Waals surface area contributed by atoms with Gasteiger partial charge in [-0.1, -0.05) is 47.6 Å². The van der Waals surface area contributed by atoms with Gasteiger partial charge in [-0.15, -0.1) is 0 Å². The Morgan fingerprint density at radius 3 is 2.50 bits per heavy atom. The molecule has 0 bridgehead atoms. The van der Waals surface area contributed by atoms with Crippen molar-refractivity contribution in [2.24, 2.45) is 0 Å². The predicted octanol–water partition coefficient (Wildman–Crippen LogP) is 5.96. The molecule has 2 aromatic carbocycles. The van der Waals surface area contributed by atoms with Crippen LogP contribution in [0.3, 0.4) is 0 Å². The first kappa shape index (κ1) is 22.0. The van der Waals surface area contributed by atoms with Crippen LogP contribution >= 0.6 is 0 Å². The van der Waals surface area contributed by atoms with Crippen LogP contribution in [-0.4, -0.2) is 29.8 Å². The molecule has 2 heterocycles. The van der Waals surface area contributed by atoms with E-state index in [4.69, 9.17) is 9.26 Å². The number of rotatable bonds is 6. The van der Waals surface area contributed by atoms with E-state index in [1.165, 1.54) is 11.9 Å². The highest BCUT2D eigenvalue weighted by Gasteiger charge is 2.31. The third-order valence-electron chi connectivity index (χ3n) is 5.44. The molecule has 0 N–H and O–H groups in total. The minimum absolute atomic E-state index is 0.137. The van der Waals surface area contributed by atoms with Gasteiger partial charge in [0.15, 0.2) is 0 Å². The largest absolute Gasteiger partial charge is 0.472 e. The topological polar surface area (TPSA) is 41.7 Å². The molecular weight excluding hydrogens is 419 g/mol. The summed E-state index contributed by atoms with van der Waals surface area (Å²) in [5.74, 6) is 0.573. The number of aromatic nitrogens is 1. The number of hydrogen-bond acceptors (Lipinski definition) is 5. The summed E-state index contributed by atoms with van der Waals surface area (Å²) in [6.45, 7) is 2.93. The summed E-state index contributed by atoms with van der Waals surface area (Å²) in [7, 11) is 1.47. The van der Waals surface area contributed by atoms with Gasteiger partial charge in [-0.25, -0.2) is 0 Å². The Kier molecular flexibility index (Phi) is 5.97. The zero-order chi connectivity index (χ0) is 22.9. The van der Waals surface area contributed by atoms with Gasteiger partial charge in [0.05, 0.1) is 12.2 Å². The molecule has 1 unspecified atom stereocenters. The molecular formula is C24H24F3N3O2. The van der Waals surface area contributed by atoms with E-state index in [1.54, 1.807) is 12.5 Å². The number of benzene rings is 2. The van der Waals surface area contributed by atoms with Crippen LogP contribution in [0.4, 0.5) is 19.1 Å². The van der Waals surface area contributed by atoms with Crippen LogP contribution in [0.5, 0.6) is 0 Å². The van der Waals surface area contributed by atoms with E-state index < -0.39 is 18.9 Å². The summed E-state index contributed by atoms with van der Waals surface area (Å²) >= 11 is 0. The first-order valence-corrected chi connectivity index (χ1v) is 10.2. The Balaban J connectivity index is 1.70. The van der Waals surface area contributed by atoms with Gasteiger partial charge in [-0.05, 0) is 43.7 Å². The Morgan fingerprint density at radius 1 is 1.09 bits per heavy atom. The van der Waals surface area contributed by atoms with Gasteiger partial charge < -0.3 is 9.26 Å². The van der Waals surface area contributed by atoms with E-state index in [0.29, 0.717) is 5.88 Å². The van der Waals surface area contributed by atoms with Crippen molar-refractivity contribution < 1.29 is 22.4 Å². The molecule has 0 spiro atoms. The lowest BCUT2D eigenvalue weighted by molar-refractivity contribution is -0.144. The predicted molar refractivity (Wildman–Crippen MR) is 116 cm³/mol. The van der Waals surface area contributed by atoms with Crippen LogP contribution in [0.25, 0.3) is 11.1 Å². The van der Waals surface area contributed by atoms with Crippen molar-refractivity contribution in [3.8, 4) is 11.1 Å². The van der Waals surface area contributed by atoms with Crippen molar-refractivity contribution in [2.75, 3.05) is 18.5 Å². The molecule has 0 amide bonds. The van der Waals surface area contributed by atoms with Crippen LogP contribution < -0.4 is 4.90 Å². The van der Waals surface area contributed by atoms with Crippen LogP contribution in [0, 0.1) is 13.8 Å². The van der Waals surface area contributed by atoms with Crippen LogP contribution in [0.2, 0.25) is 0 Å². The van der Waals surface area contributed by atoms with Crippen molar-refractivity contribution in [2.45, 2.75) is 32.8 Å². The van der Waals surface area contributed by atoms with E-state index in [-0.39, 0.29) is 6.54 Å². The maximum absolute atomic E-state index is 12.9. The molecule has 1 aromatic heterocycles. The fourth-order valence-corrected chi connectivity index (χ4v) is 3.83. The third-order valence-corrected chi connectivity index (χ3v) is 5.44. The highest BCUT2D eigenvalue weighted by atomic mass is 19.4. The Hall–Kier alpha value is -3.26. The molecule has 1 aliphatic heterocycles. The molecule has 0 fully saturated rings. The van der Waals surface area contributed by atoms with Crippen molar-refractivity contribution in [3.05, 3.63) is 83.4 Å². The van der Waals surface area contributed by atoms with Crippen molar-refractivity contribution in [1.82, 2.24) is 10.1 Å². The number of halogens is 3. The van der Waals surface area contributed by atoms with Gasteiger partial charge >= 0.3 is 6.18 Å². The molecule has 3 aromatic rings. The molecule has 0 radical (unpaired) electrons. The molecule has 8 heteroatoms. The van der Waals surface area contributed by atoms with Crippen molar-refractivity contribution in [1.29, 1.82) is 0 Å². The average molecular weight is 443 g/mol. The van der Waals surface area contributed by atoms with Gasteiger partial charge in [0.25, 0.3) is 0 Å². The molecule has 1 aliphatic rings. The van der Waals surface area contributed by atoms with Crippen molar-refractivity contribution >= 4 is 5.88 Å². The molecule has 0 aliphatic carbocycles. The van der Waals surface area contributed by atoms with Crippen molar-refractivity contribution in [3.63, 3.8) is 0 Å². The van der Waals surface area contributed by atoms with Crippen LogP contribution in [-0.2, 0) is 11.3 Å². The number of anilines is 1. The third kappa shape index (κ3) is 4.65. The van der Waals surface area contributed by atoms with Crippen LogP contribution in [0.1, 0.15) is 28.6 Å². The lowest BCUT2D eigenvalue weighted by atomic mass is 9.96. The zero-order valence-corrected chi connectivity index (χ0v) is 18.1. The zero-order valence-electron chi connectivity index (χ0n) is 18.1. The highest BCUT2D eigenvalue weighted by molar-refractivity contribution is 5.68. The fraction of sp³-hybridized carbons (Fsp3) is 0.292. The summed E-state index contributed by atoms with van der Waals surface area (Å²) < 4.78 is 50.1. The maximum Gasteiger partial charge on any atom is 0.401 e. The maximum atomic E-state index is 12.9. The number of nitrogens with zero attached hydrogens (tertiary/aromatic N) is 3. The summed E-state index contributed by atoms with van der Waals surface area (Å²) in [4.78, 5) is 3.09. The van der Waals surface area contributed by atoms with E-state index in [9.17, 15) is 13.2 Å². The summed E-state index contributed by atoms with van der Waals surface area (Å²) in [5, 5.41) is 4.01. The second-order valence-corrected chi connectivity index (χ2v) is 7.95. The van der Waals surface area contributed by atoms with Gasteiger partial charge in [0.2, 0.25) is 12.1 Å². The standard InChI is InChI=1S/C24H24F3N3O2/c1-16-17(2)28-32-22(16)30-11-12-31-23(30)19-9-10-21(18-7-5-4-6-8-18)20(13-19)14-29(3)15-24(25,26)27/h4-13,23H,14-15H2,1-3H3. The molecule has 4 rings (SSSR count). The first-order chi connectivity index (χ1) is 15.2. The van der Waals surface area contributed by atoms with E-state index in [0.717, 1.165) is 33.5 Å². The summed E-state index contributed by atoms with van der Waals surface area (Å²) in [5.41, 5.74) is 5.09. The van der Waals surface area contributed by atoms with Gasteiger partial charge in [-0.3, -0.25) is 9.80 Å². The quantitative estimate of drug-likeness (QED) is 0.470. The normalized spacial score (nSPS) is 16.1. The lowest BCUT2D eigenvalue weighted by Gasteiger charge is -2.25. The minimum Gasteiger partial charge on any atom is -0.472 e. The number of alkyl halides is 3. The highest BCUT2D eigenvalue weighted by Crippen LogP contribution is 2.37. The van der Waals surface area contributed by atoms with E-state index >= 15 is 0 Å². The second-order valence-electron chi connectivity index (χ2n) is 7.95. The molecule has 5 nitrogen and oxygen atoms in total. The Labute approximate surface area is 184 Å². The van der Waals surface area contributed by atoms with Crippen LogP contribution in [0.15, 0.2) is 65.5 Å². The molecule has 0 saturated heterocycles. The first-order valence-electron chi connectivity index (χ1n) is 10.2. The SMILES string of the molecule is Cc1noc(N2C=COC2c2ccc(-c3ccccc3)c(CN(C)CC(F)(F)F)c2)c1C. The number of hydrogen-bond donors (Lipinski definition) is 0. The lowest BCUT2D eigenvalue weighted by Crippen LogP contribution is -2.30.